The first-order chi connectivity index (χ1) is 6.81. The summed E-state index contributed by atoms with van der Waals surface area (Å²) < 4.78 is 5.33. The van der Waals surface area contributed by atoms with Crippen molar-refractivity contribution in [1.82, 2.24) is 4.90 Å². The first kappa shape index (κ1) is 9.77. The Morgan fingerprint density at radius 1 is 1.43 bits per heavy atom. The Morgan fingerprint density at radius 2 is 2.21 bits per heavy atom. The minimum absolute atomic E-state index is 0.0203. The normalized spacial score (nSPS) is 32.4. The van der Waals surface area contributed by atoms with Crippen LogP contribution in [0.1, 0.15) is 25.7 Å². The summed E-state index contributed by atoms with van der Waals surface area (Å²) >= 11 is 0. The molecule has 80 valence electrons. The quantitative estimate of drug-likeness (QED) is 0.721. The van der Waals surface area contributed by atoms with Gasteiger partial charge in [-0.25, -0.2) is 4.79 Å². The number of aliphatic hydroxyl groups is 1. The van der Waals surface area contributed by atoms with E-state index in [1.54, 1.807) is 4.90 Å². The molecule has 0 spiro atoms. The van der Waals surface area contributed by atoms with Crippen LogP contribution in [-0.2, 0) is 4.74 Å². The van der Waals surface area contributed by atoms with Gasteiger partial charge in [0.1, 0.15) is 6.10 Å². The van der Waals surface area contributed by atoms with Crippen LogP contribution in [0.5, 0.6) is 0 Å². The number of carbonyl (C=O) groups is 1. The van der Waals surface area contributed by atoms with Gasteiger partial charge in [0.15, 0.2) is 0 Å². The molecule has 2 rings (SSSR count). The molecule has 1 saturated heterocycles. The summed E-state index contributed by atoms with van der Waals surface area (Å²) in [5.41, 5.74) is 0. The molecule has 0 aromatic heterocycles. The van der Waals surface area contributed by atoms with Gasteiger partial charge in [-0.3, -0.25) is 0 Å². The topological polar surface area (TPSA) is 49.8 Å². The summed E-state index contributed by atoms with van der Waals surface area (Å²) in [5, 5.41) is 8.78. The molecule has 14 heavy (non-hydrogen) atoms. The maximum Gasteiger partial charge on any atom is 0.410 e. The van der Waals surface area contributed by atoms with E-state index >= 15 is 0 Å². The number of rotatable bonds is 2. The molecule has 2 atom stereocenters. The van der Waals surface area contributed by atoms with Crippen LogP contribution >= 0.6 is 0 Å². The van der Waals surface area contributed by atoms with Crippen molar-refractivity contribution in [3.63, 3.8) is 0 Å². The van der Waals surface area contributed by atoms with Crippen LogP contribution in [0, 0.1) is 5.92 Å². The molecule has 0 aromatic rings. The van der Waals surface area contributed by atoms with Crippen LogP contribution in [-0.4, -0.2) is 41.9 Å². The lowest BCUT2D eigenvalue weighted by Crippen LogP contribution is -2.49. The molecule has 1 saturated carbocycles. The fraction of sp³-hybridized carbons (Fsp3) is 0.900. The Kier molecular flexibility index (Phi) is 2.91. The largest absolute Gasteiger partial charge is 0.446 e. The molecule has 2 fully saturated rings. The van der Waals surface area contributed by atoms with Crippen molar-refractivity contribution in [3.05, 3.63) is 0 Å². The summed E-state index contributed by atoms with van der Waals surface area (Å²) in [5.74, 6) is 0.494. The van der Waals surface area contributed by atoms with Gasteiger partial charge in [-0.05, 0) is 19.3 Å². The first-order valence-corrected chi connectivity index (χ1v) is 5.37. The van der Waals surface area contributed by atoms with Crippen LogP contribution < -0.4 is 0 Å². The third kappa shape index (κ3) is 1.85. The van der Waals surface area contributed by atoms with E-state index in [-0.39, 0.29) is 18.8 Å². The molecule has 4 heteroatoms. The molecule has 1 amide bonds. The molecule has 2 unspecified atom stereocenters. The number of hydrogen-bond acceptors (Lipinski definition) is 3. The van der Waals surface area contributed by atoms with E-state index < -0.39 is 0 Å². The maximum atomic E-state index is 11.4. The van der Waals surface area contributed by atoms with Crippen molar-refractivity contribution in [3.8, 4) is 0 Å². The zero-order valence-corrected chi connectivity index (χ0v) is 8.32. The van der Waals surface area contributed by atoms with E-state index in [0.717, 1.165) is 19.4 Å². The first-order valence-electron chi connectivity index (χ1n) is 5.37. The van der Waals surface area contributed by atoms with Gasteiger partial charge in [-0.1, -0.05) is 6.42 Å². The molecule has 1 aliphatic heterocycles. The fourth-order valence-electron chi connectivity index (χ4n) is 2.40. The molecule has 0 radical (unpaired) electrons. The van der Waals surface area contributed by atoms with Crippen molar-refractivity contribution < 1.29 is 14.6 Å². The average molecular weight is 199 g/mol. The lowest BCUT2D eigenvalue weighted by atomic mass is 9.85. The molecular weight excluding hydrogens is 182 g/mol. The molecule has 0 bridgehead atoms. The number of fused-ring (bicyclic) bond motifs is 1. The smallest absolute Gasteiger partial charge is 0.410 e. The van der Waals surface area contributed by atoms with E-state index in [1.165, 1.54) is 12.8 Å². The van der Waals surface area contributed by atoms with Crippen LogP contribution in [0.3, 0.4) is 0 Å². The van der Waals surface area contributed by atoms with Gasteiger partial charge in [0, 0.05) is 19.0 Å². The van der Waals surface area contributed by atoms with Gasteiger partial charge in [-0.2, -0.15) is 0 Å². The van der Waals surface area contributed by atoms with E-state index in [0.29, 0.717) is 12.5 Å². The van der Waals surface area contributed by atoms with Gasteiger partial charge in [0.25, 0.3) is 0 Å². The van der Waals surface area contributed by atoms with Gasteiger partial charge >= 0.3 is 6.09 Å². The van der Waals surface area contributed by atoms with E-state index in [2.05, 4.69) is 0 Å². The monoisotopic (exact) mass is 199 g/mol. The minimum atomic E-state index is -0.248. The van der Waals surface area contributed by atoms with Gasteiger partial charge in [0.05, 0.1) is 6.61 Å². The van der Waals surface area contributed by atoms with Gasteiger partial charge in [-0.15, -0.1) is 0 Å². The number of ether oxygens (including phenoxy) is 1. The number of amides is 1. The molecule has 1 heterocycles. The number of carbonyl (C=O) groups excluding carboxylic acids is 1. The summed E-state index contributed by atoms with van der Waals surface area (Å²) in [6.45, 7) is 1.19. The lowest BCUT2D eigenvalue weighted by Gasteiger charge is -2.40. The third-order valence-electron chi connectivity index (χ3n) is 3.17. The number of nitrogens with zero attached hydrogens (tertiary/aromatic N) is 1. The maximum absolute atomic E-state index is 11.4. The third-order valence-corrected chi connectivity index (χ3v) is 3.17. The molecule has 2 aliphatic rings. The second-order valence-corrected chi connectivity index (χ2v) is 4.14. The Labute approximate surface area is 83.8 Å². The second-order valence-electron chi connectivity index (χ2n) is 4.14. The lowest BCUT2D eigenvalue weighted by molar-refractivity contribution is -0.0328. The predicted octanol–water partition coefficient (Wildman–Crippen LogP) is 0.990. The number of aliphatic hydroxyl groups excluding tert-OH is 1. The number of hydrogen-bond donors (Lipinski definition) is 1. The minimum Gasteiger partial charge on any atom is -0.446 e. The van der Waals surface area contributed by atoms with Crippen LogP contribution in [0.2, 0.25) is 0 Å². The number of β-amino-alcohol motifs (C(OH)–C–C–N with tert-alkyl or cyclic N) is 1. The van der Waals surface area contributed by atoms with Gasteiger partial charge in [0.2, 0.25) is 0 Å². The zero-order valence-electron chi connectivity index (χ0n) is 8.32. The summed E-state index contributed by atoms with van der Waals surface area (Å²) in [6.07, 6.45) is 4.48. The van der Waals surface area contributed by atoms with E-state index in [1.807, 2.05) is 0 Å². The Bertz CT molecular complexity index is 219. The highest BCUT2D eigenvalue weighted by atomic mass is 16.6. The average Bonchev–Trinajstić information content (AvgIpc) is 2.19. The van der Waals surface area contributed by atoms with E-state index in [4.69, 9.17) is 9.84 Å². The van der Waals surface area contributed by atoms with Crippen molar-refractivity contribution in [2.75, 3.05) is 19.7 Å². The van der Waals surface area contributed by atoms with Crippen LogP contribution in [0.25, 0.3) is 0 Å². The predicted molar refractivity (Wildman–Crippen MR) is 50.9 cm³/mol. The Morgan fingerprint density at radius 3 is 3.00 bits per heavy atom. The van der Waals surface area contributed by atoms with Crippen molar-refractivity contribution in [2.45, 2.75) is 31.8 Å². The molecule has 0 aromatic carbocycles. The second kappa shape index (κ2) is 4.17. The zero-order chi connectivity index (χ0) is 9.97. The van der Waals surface area contributed by atoms with Gasteiger partial charge < -0.3 is 14.7 Å². The SMILES string of the molecule is O=C1OC2CCCCC2CN1CCO. The van der Waals surface area contributed by atoms with Crippen LogP contribution in [0.4, 0.5) is 4.79 Å². The standard InChI is InChI=1S/C10H17NO3/c12-6-5-11-7-8-3-1-2-4-9(8)14-10(11)13/h8-9,12H,1-7H2. The molecule has 4 nitrogen and oxygen atoms in total. The highest BCUT2D eigenvalue weighted by molar-refractivity contribution is 5.68. The molecular formula is C10H17NO3. The fourth-order valence-corrected chi connectivity index (χ4v) is 2.40. The van der Waals surface area contributed by atoms with Crippen molar-refractivity contribution >= 4 is 6.09 Å². The van der Waals surface area contributed by atoms with Crippen molar-refractivity contribution in [2.24, 2.45) is 5.92 Å². The molecule has 1 N–H and O–H groups in total. The highest BCUT2D eigenvalue weighted by Gasteiger charge is 2.36. The highest BCUT2D eigenvalue weighted by Crippen LogP contribution is 2.31. The van der Waals surface area contributed by atoms with Crippen molar-refractivity contribution in [1.29, 1.82) is 0 Å². The summed E-state index contributed by atoms with van der Waals surface area (Å²) in [7, 11) is 0. The Hall–Kier alpha value is -0.770. The molecule has 1 aliphatic carbocycles. The van der Waals surface area contributed by atoms with Crippen LogP contribution in [0.15, 0.2) is 0 Å². The van der Waals surface area contributed by atoms with E-state index in [9.17, 15) is 4.79 Å². The Balaban J connectivity index is 1.96. The summed E-state index contributed by atoms with van der Waals surface area (Å²) in [6, 6.07) is 0. The summed E-state index contributed by atoms with van der Waals surface area (Å²) in [4.78, 5) is 13.0.